The number of ether oxygens (including phenoxy) is 2. The van der Waals surface area contributed by atoms with Gasteiger partial charge in [0, 0.05) is 18.2 Å². The van der Waals surface area contributed by atoms with Gasteiger partial charge in [-0.05, 0) is 30.5 Å². The topological polar surface area (TPSA) is 96.3 Å². The monoisotopic (exact) mass is 375 g/mol. The highest BCUT2D eigenvalue weighted by Gasteiger charge is 2.40. The minimum Gasteiger partial charge on any atom is -0.394 e. The molecular formula is C20H25NO6. The summed E-state index contributed by atoms with van der Waals surface area (Å²) in [6.45, 7) is 4.17. The fourth-order valence-electron chi connectivity index (χ4n) is 3.41. The van der Waals surface area contributed by atoms with Crippen molar-refractivity contribution in [3.05, 3.63) is 46.7 Å². The van der Waals surface area contributed by atoms with E-state index in [4.69, 9.17) is 9.47 Å². The molecule has 3 rings (SSSR count). The van der Waals surface area contributed by atoms with E-state index in [-0.39, 0.29) is 37.7 Å². The summed E-state index contributed by atoms with van der Waals surface area (Å²) in [5, 5.41) is 19.1. The molecule has 0 unspecified atom stereocenters. The molecule has 1 aromatic carbocycles. The SMILES string of the molecule is Cc1cccc(C)c1COCC1=CN([C@H]2C[C@@H](O)[C@@H](CO)O2)C(=O)CC1=O. The number of hydrogen-bond acceptors (Lipinski definition) is 6. The van der Waals surface area contributed by atoms with E-state index >= 15 is 0 Å². The molecule has 2 N–H and O–H groups in total. The summed E-state index contributed by atoms with van der Waals surface area (Å²) in [6.07, 6.45) is -0.863. The molecule has 3 atom stereocenters. The van der Waals surface area contributed by atoms with Crippen LogP contribution in [0.1, 0.15) is 29.5 Å². The highest BCUT2D eigenvalue weighted by molar-refractivity contribution is 6.09. The maximum atomic E-state index is 12.2. The highest BCUT2D eigenvalue weighted by Crippen LogP contribution is 2.27. The van der Waals surface area contributed by atoms with Crippen LogP contribution in [0.2, 0.25) is 0 Å². The minimum absolute atomic E-state index is 0.0924. The molecular weight excluding hydrogens is 350 g/mol. The van der Waals surface area contributed by atoms with Crippen molar-refractivity contribution >= 4 is 11.7 Å². The van der Waals surface area contributed by atoms with Crippen molar-refractivity contribution in [2.24, 2.45) is 0 Å². The predicted molar refractivity (Wildman–Crippen MR) is 96.5 cm³/mol. The second-order valence-electron chi connectivity index (χ2n) is 7.03. The van der Waals surface area contributed by atoms with E-state index in [9.17, 15) is 19.8 Å². The van der Waals surface area contributed by atoms with Crippen LogP contribution in [-0.2, 0) is 25.7 Å². The number of carbonyl (C=O) groups is 2. The summed E-state index contributed by atoms with van der Waals surface area (Å²) in [7, 11) is 0. The van der Waals surface area contributed by atoms with Gasteiger partial charge in [0.15, 0.2) is 5.78 Å². The van der Waals surface area contributed by atoms with E-state index < -0.39 is 18.4 Å². The number of ketones is 1. The Morgan fingerprint density at radius 1 is 1.22 bits per heavy atom. The largest absolute Gasteiger partial charge is 0.394 e. The molecule has 0 spiro atoms. The van der Waals surface area contributed by atoms with E-state index in [0.29, 0.717) is 12.2 Å². The fraction of sp³-hybridized carbons (Fsp3) is 0.500. The number of rotatable bonds is 6. The molecule has 0 aliphatic carbocycles. The van der Waals surface area contributed by atoms with Crippen LogP contribution in [0, 0.1) is 13.8 Å². The number of aryl methyl sites for hydroxylation is 2. The van der Waals surface area contributed by atoms with Gasteiger partial charge in [0.25, 0.3) is 0 Å². The van der Waals surface area contributed by atoms with Crippen molar-refractivity contribution in [2.45, 2.75) is 51.7 Å². The summed E-state index contributed by atoms with van der Waals surface area (Å²) in [5.41, 5.74) is 3.73. The Kier molecular flexibility index (Phi) is 6.06. The average molecular weight is 375 g/mol. The summed E-state index contributed by atoms with van der Waals surface area (Å²) in [4.78, 5) is 25.8. The van der Waals surface area contributed by atoms with Gasteiger partial charge in [0.1, 0.15) is 12.3 Å². The zero-order valence-corrected chi connectivity index (χ0v) is 15.6. The highest BCUT2D eigenvalue weighted by atomic mass is 16.5. The molecule has 7 heteroatoms. The molecule has 7 nitrogen and oxygen atoms in total. The molecule has 27 heavy (non-hydrogen) atoms. The number of nitrogens with zero attached hydrogens (tertiary/aromatic N) is 1. The van der Waals surface area contributed by atoms with E-state index in [1.54, 1.807) is 0 Å². The van der Waals surface area contributed by atoms with Crippen LogP contribution in [0.25, 0.3) is 0 Å². The lowest BCUT2D eigenvalue weighted by molar-refractivity contribution is -0.144. The van der Waals surface area contributed by atoms with Crippen molar-refractivity contribution < 1.29 is 29.3 Å². The van der Waals surface area contributed by atoms with E-state index in [2.05, 4.69) is 0 Å². The molecule has 2 aliphatic heterocycles. The Bertz CT molecular complexity index is 739. The Balaban J connectivity index is 1.67. The van der Waals surface area contributed by atoms with Gasteiger partial charge in [-0.2, -0.15) is 0 Å². The van der Waals surface area contributed by atoms with Gasteiger partial charge < -0.3 is 19.7 Å². The molecule has 2 heterocycles. The van der Waals surface area contributed by atoms with Crippen molar-refractivity contribution in [1.29, 1.82) is 0 Å². The maximum absolute atomic E-state index is 12.2. The molecule has 0 radical (unpaired) electrons. The summed E-state index contributed by atoms with van der Waals surface area (Å²) < 4.78 is 11.3. The van der Waals surface area contributed by atoms with E-state index in [0.717, 1.165) is 16.7 Å². The van der Waals surface area contributed by atoms with Gasteiger partial charge >= 0.3 is 0 Å². The van der Waals surface area contributed by atoms with Crippen LogP contribution in [0.5, 0.6) is 0 Å². The molecule has 2 aliphatic rings. The normalized spacial score (nSPS) is 25.9. The Labute approximate surface area is 158 Å². The zero-order valence-electron chi connectivity index (χ0n) is 15.6. The lowest BCUT2D eigenvalue weighted by Crippen LogP contribution is -2.41. The minimum atomic E-state index is -0.845. The number of amides is 1. The van der Waals surface area contributed by atoms with Crippen molar-refractivity contribution in [2.75, 3.05) is 13.2 Å². The predicted octanol–water partition coefficient (Wildman–Crippen LogP) is 0.974. The van der Waals surface area contributed by atoms with Crippen molar-refractivity contribution in [3.63, 3.8) is 0 Å². The first-order valence-corrected chi connectivity index (χ1v) is 9.03. The molecule has 1 amide bonds. The van der Waals surface area contributed by atoms with Gasteiger partial charge in [-0.1, -0.05) is 18.2 Å². The molecule has 1 saturated heterocycles. The second kappa shape index (κ2) is 8.31. The van der Waals surface area contributed by atoms with E-state index in [1.165, 1.54) is 11.1 Å². The summed E-state index contributed by atoms with van der Waals surface area (Å²) in [5.74, 6) is -0.649. The molecule has 1 aromatic rings. The van der Waals surface area contributed by atoms with Crippen LogP contribution in [0.4, 0.5) is 0 Å². The molecule has 1 fully saturated rings. The average Bonchev–Trinajstić information content (AvgIpc) is 2.99. The van der Waals surface area contributed by atoms with Crippen LogP contribution in [0.3, 0.4) is 0 Å². The van der Waals surface area contributed by atoms with Crippen LogP contribution < -0.4 is 0 Å². The number of Topliss-reactive ketones (excluding diaryl/α,β-unsaturated/α-hetero) is 1. The van der Waals surface area contributed by atoms with Crippen molar-refractivity contribution in [1.82, 2.24) is 4.90 Å². The lowest BCUT2D eigenvalue weighted by atomic mass is 10.0. The van der Waals surface area contributed by atoms with Gasteiger partial charge in [-0.15, -0.1) is 0 Å². The molecule has 0 aromatic heterocycles. The number of hydrogen-bond donors (Lipinski definition) is 2. The summed E-state index contributed by atoms with van der Waals surface area (Å²) in [6, 6.07) is 6.01. The van der Waals surface area contributed by atoms with Crippen LogP contribution >= 0.6 is 0 Å². The fourth-order valence-corrected chi connectivity index (χ4v) is 3.41. The standard InChI is InChI=1S/C20H25NO6/c1-12-4-3-5-13(2)15(12)11-26-10-14-8-21(19(25)6-16(14)23)20-7-17(24)18(9-22)27-20/h3-5,8,17-18,20,22,24H,6-7,9-11H2,1-2H3/t17-,18-,20-/m1/s1. The van der Waals surface area contributed by atoms with Gasteiger partial charge in [-0.3, -0.25) is 14.5 Å². The third kappa shape index (κ3) is 4.27. The third-order valence-corrected chi connectivity index (χ3v) is 5.10. The van der Waals surface area contributed by atoms with Gasteiger partial charge in [0.05, 0.1) is 32.3 Å². The Morgan fingerprint density at radius 2 is 1.93 bits per heavy atom. The summed E-state index contributed by atoms with van der Waals surface area (Å²) >= 11 is 0. The first kappa shape index (κ1) is 19.7. The maximum Gasteiger partial charge on any atom is 0.236 e. The molecule has 0 bridgehead atoms. The number of aliphatic hydroxyl groups is 2. The number of carbonyl (C=O) groups excluding carboxylic acids is 2. The first-order chi connectivity index (χ1) is 12.9. The van der Waals surface area contributed by atoms with Crippen LogP contribution in [0.15, 0.2) is 30.0 Å². The lowest BCUT2D eigenvalue weighted by Gasteiger charge is -2.29. The Morgan fingerprint density at radius 3 is 2.56 bits per heavy atom. The molecule has 0 saturated carbocycles. The Hall–Kier alpha value is -2.06. The second-order valence-corrected chi connectivity index (χ2v) is 7.03. The van der Waals surface area contributed by atoms with Gasteiger partial charge in [-0.25, -0.2) is 0 Å². The third-order valence-electron chi connectivity index (χ3n) is 5.10. The number of benzene rings is 1. The van der Waals surface area contributed by atoms with Gasteiger partial charge in [0.2, 0.25) is 5.91 Å². The zero-order chi connectivity index (χ0) is 19.6. The van der Waals surface area contributed by atoms with E-state index in [1.807, 2.05) is 32.0 Å². The van der Waals surface area contributed by atoms with Crippen LogP contribution in [-0.4, -0.2) is 58.5 Å². The molecule has 146 valence electrons. The smallest absolute Gasteiger partial charge is 0.236 e. The first-order valence-electron chi connectivity index (χ1n) is 9.03. The number of aliphatic hydroxyl groups excluding tert-OH is 2. The van der Waals surface area contributed by atoms with Crippen molar-refractivity contribution in [3.8, 4) is 0 Å². The quantitative estimate of drug-likeness (QED) is 0.720.